The molecule has 8 nitrogen and oxygen atoms in total. The number of aromatic nitrogens is 2. The predicted molar refractivity (Wildman–Crippen MR) is 138 cm³/mol. The van der Waals surface area contributed by atoms with E-state index in [1.54, 1.807) is 34.7 Å². The largest absolute Gasteiger partial charge is 0.464 e. The number of fused-ring (bicyclic) bond motifs is 1. The number of methoxy groups -OCH3 is 1. The Morgan fingerprint density at radius 2 is 1.84 bits per heavy atom. The molecule has 5 rings (SSSR count). The lowest BCUT2D eigenvalue weighted by Gasteiger charge is -2.27. The number of amides is 2. The zero-order valence-corrected chi connectivity index (χ0v) is 20.5. The van der Waals surface area contributed by atoms with E-state index in [1.807, 2.05) is 42.5 Å². The number of anilines is 1. The third-order valence-electron chi connectivity index (χ3n) is 5.79. The van der Waals surface area contributed by atoms with E-state index in [2.05, 4.69) is 31.9 Å². The van der Waals surface area contributed by atoms with Crippen LogP contribution in [0, 0.1) is 11.8 Å². The van der Waals surface area contributed by atoms with E-state index in [4.69, 9.17) is 0 Å². The number of carbonyl (C=O) groups is 3. The Kier molecular flexibility index (Phi) is 6.74. The molecule has 37 heavy (non-hydrogen) atoms. The zero-order valence-electron chi connectivity index (χ0n) is 19.7. The van der Waals surface area contributed by atoms with Crippen LogP contribution in [-0.2, 0) is 16.1 Å². The van der Waals surface area contributed by atoms with E-state index in [-0.39, 0.29) is 17.5 Å². The summed E-state index contributed by atoms with van der Waals surface area (Å²) in [5, 5.41) is 5.07. The van der Waals surface area contributed by atoms with Gasteiger partial charge in [0.25, 0.3) is 11.8 Å². The number of hydrogen-bond acceptors (Lipinski definition) is 7. The van der Waals surface area contributed by atoms with Crippen molar-refractivity contribution in [2.75, 3.05) is 12.4 Å². The van der Waals surface area contributed by atoms with Crippen LogP contribution < -0.4 is 5.32 Å². The maximum Gasteiger partial charge on any atom is 0.356 e. The second-order valence-electron chi connectivity index (χ2n) is 8.12. The summed E-state index contributed by atoms with van der Waals surface area (Å²) >= 11 is 1.31. The number of esters is 1. The molecule has 0 bridgehead atoms. The second kappa shape index (κ2) is 10.4. The Morgan fingerprint density at radius 3 is 2.54 bits per heavy atom. The minimum absolute atomic E-state index is 0.197. The van der Waals surface area contributed by atoms with Crippen molar-refractivity contribution in [3.63, 3.8) is 0 Å². The highest BCUT2D eigenvalue weighted by Gasteiger charge is 2.37. The highest BCUT2D eigenvalue weighted by Crippen LogP contribution is 2.33. The molecule has 2 amide bonds. The van der Waals surface area contributed by atoms with Crippen LogP contribution in [0.15, 0.2) is 78.4 Å². The molecule has 2 aromatic carbocycles. The first kappa shape index (κ1) is 23.9. The minimum Gasteiger partial charge on any atom is -0.464 e. The monoisotopic (exact) mass is 508 g/mol. The van der Waals surface area contributed by atoms with Gasteiger partial charge in [-0.3, -0.25) is 14.9 Å². The number of carbonyl (C=O) groups excluding carboxylic acids is 3. The van der Waals surface area contributed by atoms with Gasteiger partial charge >= 0.3 is 5.97 Å². The lowest BCUT2D eigenvalue weighted by molar-refractivity contribution is -0.120. The Morgan fingerprint density at radius 1 is 1.05 bits per heavy atom. The standard InChI is InChI=1S/C28H20N4O4S/c1-36-27(35)23-12-10-19(16-30-23)8-7-18-9-11-21-17-32(26(34)22(21)15-18)24(20-5-3-2-4-6-20)25(33)31-28-29-13-14-37-28/h2-6,9-16,24H,17H2,1H3,(H,29,31,33)/t24-/m0/s1. The SMILES string of the molecule is COC(=O)c1ccc(C#Cc2ccc3c(c2)C(=O)N([C@H](C(=O)Nc2nccs2)c2ccccc2)C3)cn1. The van der Waals surface area contributed by atoms with Crippen molar-refractivity contribution in [1.82, 2.24) is 14.9 Å². The summed E-state index contributed by atoms with van der Waals surface area (Å²) in [5.41, 5.74) is 3.50. The van der Waals surface area contributed by atoms with Crippen LogP contribution in [-0.4, -0.2) is 39.8 Å². The van der Waals surface area contributed by atoms with Crippen LogP contribution in [0.5, 0.6) is 0 Å². The molecule has 4 aromatic rings. The fraction of sp³-hybridized carbons (Fsp3) is 0.107. The molecule has 3 heterocycles. The van der Waals surface area contributed by atoms with Gasteiger partial charge in [0.05, 0.1) is 7.11 Å². The molecule has 0 aliphatic carbocycles. The van der Waals surface area contributed by atoms with Gasteiger partial charge in [0.1, 0.15) is 11.7 Å². The molecule has 0 spiro atoms. The number of thiazole rings is 1. The number of rotatable bonds is 5. The summed E-state index contributed by atoms with van der Waals surface area (Å²) in [7, 11) is 1.30. The molecule has 1 atom stereocenters. The van der Waals surface area contributed by atoms with E-state index >= 15 is 0 Å². The van der Waals surface area contributed by atoms with Crippen molar-refractivity contribution in [3.05, 3.63) is 112 Å². The van der Waals surface area contributed by atoms with Crippen molar-refractivity contribution >= 4 is 34.3 Å². The van der Waals surface area contributed by atoms with Crippen molar-refractivity contribution in [3.8, 4) is 11.8 Å². The third kappa shape index (κ3) is 5.10. The van der Waals surface area contributed by atoms with E-state index < -0.39 is 12.0 Å². The molecule has 0 radical (unpaired) electrons. The first-order valence-electron chi connectivity index (χ1n) is 11.3. The van der Waals surface area contributed by atoms with Crippen molar-refractivity contribution in [2.45, 2.75) is 12.6 Å². The molecule has 2 aromatic heterocycles. The predicted octanol–water partition coefficient (Wildman–Crippen LogP) is 4.06. The molecule has 0 saturated carbocycles. The molecular weight excluding hydrogens is 488 g/mol. The van der Waals surface area contributed by atoms with Gasteiger partial charge in [-0.05, 0) is 35.4 Å². The topological polar surface area (TPSA) is 101 Å². The fourth-order valence-electron chi connectivity index (χ4n) is 4.01. The van der Waals surface area contributed by atoms with E-state index in [0.29, 0.717) is 33.9 Å². The van der Waals surface area contributed by atoms with Gasteiger partial charge < -0.3 is 9.64 Å². The van der Waals surface area contributed by atoms with Gasteiger partial charge in [-0.1, -0.05) is 48.2 Å². The third-order valence-corrected chi connectivity index (χ3v) is 6.48. The Hall–Kier alpha value is -4.81. The molecule has 1 aliphatic heterocycles. The van der Waals surface area contributed by atoms with Gasteiger partial charge in [-0.2, -0.15) is 0 Å². The summed E-state index contributed by atoms with van der Waals surface area (Å²) in [5.74, 6) is 4.94. The smallest absolute Gasteiger partial charge is 0.356 e. The molecule has 0 saturated heterocycles. The number of nitrogens with zero attached hydrogens (tertiary/aromatic N) is 3. The van der Waals surface area contributed by atoms with E-state index in [9.17, 15) is 14.4 Å². The minimum atomic E-state index is -0.820. The highest BCUT2D eigenvalue weighted by molar-refractivity contribution is 7.13. The molecular formula is C28H20N4O4S. The van der Waals surface area contributed by atoms with E-state index in [1.165, 1.54) is 24.6 Å². The van der Waals surface area contributed by atoms with Crippen molar-refractivity contribution in [2.24, 2.45) is 0 Å². The first-order valence-corrected chi connectivity index (χ1v) is 12.2. The number of pyridine rings is 1. The maximum absolute atomic E-state index is 13.5. The van der Waals surface area contributed by atoms with Crippen molar-refractivity contribution < 1.29 is 19.1 Å². The number of nitrogens with one attached hydrogen (secondary N) is 1. The Balaban J connectivity index is 1.39. The maximum atomic E-state index is 13.5. The quantitative estimate of drug-likeness (QED) is 0.322. The normalized spacial score (nSPS) is 12.8. The lowest BCUT2D eigenvalue weighted by Crippen LogP contribution is -2.37. The van der Waals surface area contributed by atoms with E-state index in [0.717, 1.165) is 5.56 Å². The number of benzene rings is 2. The molecule has 1 aliphatic rings. The van der Waals surface area contributed by atoms with Gasteiger partial charge in [0, 0.05) is 41.0 Å². The first-order chi connectivity index (χ1) is 18.0. The number of ether oxygens (including phenoxy) is 1. The van der Waals surface area contributed by atoms with Crippen LogP contribution in [0.2, 0.25) is 0 Å². The van der Waals surface area contributed by atoms with Crippen LogP contribution in [0.4, 0.5) is 5.13 Å². The Labute approximate surface area is 217 Å². The molecule has 1 N–H and O–H groups in total. The number of hydrogen-bond donors (Lipinski definition) is 1. The summed E-state index contributed by atoms with van der Waals surface area (Å²) in [6, 6.07) is 17.0. The summed E-state index contributed by atoms with van der Waals surface area (Å²) < 4.78 is 4.65. The highest BCUT2D eigenvalue weighted by atomic mass is 32.1. The van der Waals surface area contributed by atoms with Gasteiger partial charge in [-0.25, -0.2) is 14.8 Å². The molecule has 182 valence electrons. The van der Waals surface area contributed by atoms with Crippen molar-refractivity contribution in [1.29, 1.82) is 0 Å². The fourth-order valence-corrected chi connectivity index (χ4v) is 4.55. The van der Waals surface area contributed by atoms with Crippen LogP contribution in [0.3, 0.4) is 0 Å². The van der Waals surface area contributed by atoms with Crippen LogP contribution >= 0.6 is 11.3 Å². The average Bonchev–Trinajstić information content (AvgIpc) is 3.56. The summed E-state index contributed by atoms with van der Waals surface area (Å²) in [4.78, 5) is 48.1. The lowest BCUT2D eigenvalue weighted by atomic mass is 10.0. The second-order valence-corrected chi connectivity index (χ2v) is 9.01. The molecule has 0 unspecified atom stereocenters. The van der Waals surface area contributed by atoms with Gasteiger partial charge in [0.2, 0.25) is 0 Å². The zero-order chi connectivity index (χ0) is 25.8. The molecule has 9 heteroatoms. The Bertz CT molecular complexity index is 1520. The molecule has 0 fully saturated rings. The summed E-state index contributed by atoms with van der Waals surface area (Å²) in [6.07, 6.45) is 3.10. The van der Waals surface area contributed by atoms with Crippen LogP contribution in [0.1, 0.15) is 49.1 Å². The van der Waals surface area contributed by atoms with Gasteiger partial charge in [0.15, 0.2) is 5.13 Å². The van der Waals surface area contributed by atoms with Gasteiger partial charge in [-0.15, -0.1) is 11.3 Å². The summed E-state index contributed by atoms with van der Waals surface area (Å²) in [6.45, 7) is 0.297. The van der Waals surface area contributed by atoms with Crippen LogP contribution in [0.25, 0.3) is 0 Å². The average molecular weight is 509 g/mol.